The van der Waals surface area contributed by atoms with E-state index in [0.717, 1.165) is 82.4 Å². The van der Waals surface area contributed by atoms with Gasteiger partial charge in [-0.3, -0.25) is 9.70 Å². The number of aliphatic hydroxyl groups excluding tert-OH is 1. The van der Waals surface area contributed by atoms with Crippen molar-refractivity contribution in [1.29, 1.82) is 0 Å². The molecule has 2 heterocycles. The highest BCUT2D eigenvalue weighted by Crippen LogP contribution is 2.46. The van der Waals surface area contributed by atoms with Crippen LogP contribution in [0.3, 0.4) is 0 Å². The monoisotopic (exact) mass is 528 g/mol. The molecule has 0 atom stereocenters. The molecular weight excluding hydrogens is 498 g/mol. The molecule has 40 heavy (non-hydrogen) atoms. The van der Waals surface area contributed by atoms with Gasteiger partial charge in [0.1, 0.15) is 17.3 Å². The highest BCUT2D eigenvalue weighted by molar-refractivity contribution is 6.59. The van der Waals surface area contributed by atoms with E-state index in [-0.39, 0.29) is 25.6 Å². The first-order valence-electron chi connectivity index (χ1n) is 14.4. The number of aliphatic hydroxyl groups is 1. The molecule has 0 radical (unpaired) electrons. The SMILES string of the molecule is CCCCB1N=c2c(=C3C(=O)C(c4ccc5cccc6c5c4NB(CCCC)O6)=C3O)ccc3cccc(c23)O1. The van der Waals surface area contributed by atoms with Crippen molar-refractivity contribution in [2.45, 2.75) is 52.2 Å². The first-order chi connectivity index (χ1) is 19.6. The highest BCUT2D eigenvalue weighted by atomic mass is 16.4. The van der Waals surface area contributed by atoms with Crippen molar-refractivity contribution in [3.63, 3.8) is 0 Å². The number of rotatable bonds is 7. The molecule has 7 rings (SSSR count). The molecule has 6 nitrogen and oxygen atoms in total. The predicted molar refractivity (Wildman–Crippen MR) is 162 cm³/mol. The van der Waals surface area contributed by atoms with E-state index in [0.29, 0.717) is 21.9 Å². The summed E-state index contributed by atoms with van der Waals surface area (Å²) in [5.74, 6) is 1.41. The van der Waals surface area contributed by atoms with Gasteiger partial charge in [0.2, 0.25) is 5.78 Å². The van der Waals surface area contributed by atoms with E-state index < -0.39 is 0 Å². The predicted octanol–water partition coefficient (Wildman–Crippen LogP) is 6.09. The van der Waals surface area contributed by atoms with Crippen LogP contribution in [0, 0.1) is 0 Å². The van der Waals surface area contributed by atoms with Crippen molar-refractivity contribution in [2.75, 3.05) is 5.23 Å². The molecule has 0 aromatic heterocycles. The van der Waals surface area contributed by atoms with E-state index in [1.165, 1.54) is 0 Å². The van der Waals surface area contributed by atoms with E-state index in [2.05, 4.69) is 19.1 Å². The molecule has 4 aromatic carbocycles. The summed E-state index contributed by atoms with van der Waals surface area (Å²) < 4.78 is 12.5. The van der Waals surface area contributed by atoms with Gasteiger partial charge in [0.15, 0.2) is 0 Å². The molecule has 4 aromatic rings. The zero-order chi connectivity index (χ0) is 27.4. The van der Waals surface area contributed by atoms with E-state index in [9.17, 15) is 9.90 Å². The number of benzene rings is 4. The third-order valence-corrected chi connectivity index (χ3v) is 8.19. The smallest absolute Gasteiger partial charge is 0.501 e. The molecule has 0 amide bonds. The quantitative estimate of drug-likeness (QED) is 0.284. The van der Waals surface area contributed by atoms with Crippen molar-refractivity contribution < 1.29 is 19.2 Å². The fourth-order valence-corrected chi connectivity index (χ4v) is 6.15. The minimum Gasteiger partial charge on any atom is -0.541 e. The van der Waals surface area contributed by atoms with Crippen LogP contribution in [0.4, 0.5) is 5.69 Å². The molecule has 1 aliphatic carbocycles. The number of allylic oxidation sites excluding steroid dienone is 2. The first-order valence-corrected chi connectivity index (χ1v) is 14.4. The number of nitrogens with zero attached hydrogens (tertiary/aromatic N) is 1. The lowest BCUT2D eigenvalue weighted by molar-refractivity contribution is -0.109. The number of anilines is 1. The van der Waals surface area contributed by atoms with Crippen molar-refractivity contribution in [3.8, 4) is 11.5 Å². The van der Waals surface area contributed by atoms with Crippen LogP contribution in [0.15, 0.2) is 71.3 Å². The number of ketones is 1. The number of unbranched alkanes of at least 4 members (excludes halogenated alkanes) is 2. The maximum atomic E-state index is 13.9. The van der Waals surface area contributed by atoms with Crippen LogP contribution >= 0.6 is 0 Å². The molecule has 198 valence electrons. The third kappa shape index (κ3) is 3.80. The summed E-state index contributed by atoms with van der Waals surface area (Å²) in [5.41, 5.74) is 2.19. The maximum Gasteiger partial charge on any atom is 0.501 e. The average molecular weight is 528 g/mol. The molecule has 2 N–H and O–H groups in total. The highest BCUT2D eigenvalue weighted by Gasteiger charge is 2.39. The molecular formula is C32H30B2N2O4. The Morgan fingerprint density at radius 3 is 2.27 bits per heavy atom. The normalized spacial score (nSPS) is 16.9. The minimum atomic E-state index is -0.312. The number of hydrogen-bond donors (Lipinski definition) is 2. The Bertz CT molecular complexity index is 1870. The number of carbonyl (C=O) groups is 1. The second-order valence-electron chi connectivity index (χ2n) is 10.8. The van der Waals surface area contributed by atoms with Gasteiger partial charge in [0.05, 0.1) is 16.5 Å². The van der Waals surface area contributed by atoms with Gasteiger partial charge in [-0.25, -0.2) is 0 Å². The Morgan fingerprint density at radius 2 is 1.52 bits per heavy atom. The maximum absolute atomic E-state index is 13.9. The van der Waals surface area contributed by atoms with Gasteiger partial charge >= 0.3 is 14.1 Å². The fraction of sp³-hybridized carbons (Fsp3) is 0.250. The summed E-state index contributed by atoms with van der Waals surface area (Å²) in [7, 11) is -0.504. The summed E-state index contributed by atoms with van der Waals surface area (Å²) in [5, 5.41) is 20.3. The van der Waals surface area contributed by atoms with Crippen molar-refractivity contribution >= 4 is 58.3 Å². The van der Waals surface area contributed by atoms with Gasteiger partial charge in [-0.05, 0) is 35.5 Å². The Kier molecular flexibility index (Phi) is 6.06. The second-order valence-corrected chi connectivity index (χ2v) is 10.8. The van der Waals surface area contributed by atoms with Crippen molar-refractivity contribution in [2.24, 2.45) is 4.90 Å². The van der Waals surface area contributed by atoms with E-state index >= 15 is 0 Å². The van der Waals surface area contributed by atoms with Crippen molar-refractivity contribution in [1.82, 2.24) is 0 Å². The Labute approximate surface area is 233 Å². The first kappa shape index (κ1) is 24.8. The molecule has 0 bridgehead atoms. The van der Waals surface area contributed by atoms with E-state index in [1.807, 2.05) is 60.7 Å². The lowest BCUT2D eigenvalue weighted by Crippen LogP contribution is -2.40. The van der Waals surface area contributed by atoms with E-state index in [4.69, 9.17) is 14.2 Å². The van der Waals surface area contributed by atoms with Crippen LogP contribution in [-0.2, 0) is 4.79 Å². The zero-order valence-electron chi connectivity index (χ0n) is 22.8. The average Bonchev–Trinajstić information content (AvgIpc) is 2.97. The number of hydrogen-bond acceptors (Lipinski definition) is 6. The van der Waals surface area contributed by atoms with Crippen LogP contribution in [0.25, 0.3) is 32.7 Å². The Hall–Kier alpha value is -4.19. The van der Waals surface area contributed by atoms with Crippen molar-refractivity contribution in [3.05, 3.63) is 82.6 Å². The van der Waals surface area contributed by atoms with Gasteiger partial charge in [0.25, 0.3) is 0 Å². The Balaban J connectivity index is 1.42. The van der Waals surface area contributed by atoms with Crippen LogP contribution in [0.5, 0.6) is 11.5 Å². The molecule has 3 aliphatic rings. The van der Waals surface area contributed by atoms with Gasteiger partial charge < -0.3 is 19.6 Å². The zero-order valence-corrected chi connectivity index (χ0v) is 22.8. The molecule has 2 aliphatic heterocycles. The van der Waals surface area contributed by atoms with Crippen LogP contribution in [0.2, 0.25) is 12.6 Å². The van der Waals surface area contributed by atoms with Gasteiger partial charge in [-0.15, -0.1) is 0 Å². The molecule has 0 spiro atoms. The molecule has 0 saturated carbocycles. The van der Waals surface area contributed by atoms with Gasteiger partial charge in [0, 0.05) is 27.2 Å². The standard InChI is InChI=1S/C32H30B2N2O4/c1-3-5-17-33-35-29-21(15-13-19-9-7-11-23(39-33)25(19)29)27-31(37)28(32(27)38)22-16-14-20-10-8-12-24-26(20)30(22)36-34(40-24)18-6-4-2/h7-16,35,37H,3-6,17-18H2,1-2H3. The van der Waals surface area contributed by atoms with Crippen LogP contribution in [-0.4, -0.2) is 25.0 Å². The largest absolute Gasteiger partial charge is 0.541 e. The number of Topliss-reactive ketones (excluding diaryl/α,β-unsaturated/α-hetero) is 1. The van der Waals surface area contributed by atoms with Gasteiger partial charge in [-0.1, -0.05) is 88.1 Å². The second kappa shape index (κ2) is 9.77. The summed E-state index contributed by atoms with van der Waals surface area (Å²) in [6, 6.07) is 19.7. The molecule has 8 heteroatoms. The third-order valence-electron chi connectivity index (χ3n) is 8.19. The number of carbonyl (C=O) groups excluding carboxylic acids is 1. The molecule has 0 fully saturated rings. The summed E-state index contributed by atoms with van der Waals surface area (Å²) in [6.45, 7) is 4.30. The summed E-state index contributed by atoms with van der Waals surface area (Å²) in [6.07, 6.45) is 5.78. The lowest BCUT2D eigenvalue weighted by atomic mass is 9.72. The van der Waals surface area contributed by atoms with Crippen LogP contribution < -0.4 is 25.1 Å². The Morgan fingerprint density at radius 1 is 0.825 bits per heavy atom. The van der Waals surface area contributed by atoms with E-state index in [1.54, 1.807) is 0 Å². The summed E-state index contributed by atoms with van der Waals surface area (Å²) in [4.78, 5) is 18.9. The van der Waals surface area contributed by atoms with Gasteiger partial charge in [-0.2, -0.15) is 0 Å². The minimum absolute atomic E-state index is 0.0105. The number of nitrogens with one attached hydrogen (secondary N) is 1. The molecule has 0 unspecified atom stereocenters. The lowest BCUT2D eigenvalue weighted by Gasteiger charge is -2.30. The van der Waals surface area contributed by atoms with Crippen LogP contribution in [0.1, 0.15) is 45.1 Å². The fourth-order valence-electron chi connectivity index (χ4n) is 6.15. The molecule has 0 saturated heterocycles. The topological polar surface area (TPSA) is 80.2 Å². The summed E-state index contributed by atoms with van der Waals surface area (Å²) >= 11 is 0.